The fourth-order valence-electron chi connectivity index (χ4n) is 3.21. The molecule has 0 fully saturated rings. The highest BCUT2D eigenvalue weighted by Crippen LogP contribution is 2.20. The molecular formula is C21H28FN5O7S. The molecule has 1 aromatic carbocycles. The lowest BCUT2D eigenvalue weighted by Gasteiger charge is -2.24. The maximum Gasteiger partial charge on any atom is 0.332 e. The van der Waals surface area contributed by atoms with Crippen molar-refractivity contribution in [3.05, 3.63) is 45.1 Å². The van der Waals surface area contributed by atoms with Crippen LogP contribution >= 0.6 is 0 Å². The van der Waals surface area contributed by atoms with Crippen LogP contribution in [0.25, 0.3) is 0 Å². The van der Waals surface area contributed by atoms with Crippen molar-refractivity contribution in [1.29, 1.82) is 0 Å². The summed E-state index contributed by atoms with van der Waals surface area (Å²) in [6.45, 7) is 3.93. The van der Waals surface area contributed by atoms with Gasteiger partial charge in [0, 0.05) is 38.7 Å². The molecule has 2 aromatic rings. The number of rotatable bonds is 11. The fraction of sp³-hybridized carbons (Fsp3) is 0.429. The smallest absolute Gasteiger partial charge is 0.332 e. The molecule has 14 heteroatoms. The van der Waals surface area contributed by atoms with E-state index in [9.17, 15) is 31.5 Å². The van der Waals surface area contributed by atoms with Gasteiger partial charge in [0.25, 0.3) is 5.56 Å². The minimum atomic E-state index is -4.87. The number of amides is 2. The third-order valence-corrected chi connectivity index (χ3v) is 5.67. The molecule has 35 heavy (non-hydrogen) atoms. The van der Waals surface area contributed by atoms with Gasteiger partial charge in [-0.15, -0.1) is 3.89 Å². The molecule has 0 radical (unpaired) electrons. The third kappa shape index (κ3) is 7.48. The number of hydrogen-bond acceptors (Lipinski definition) is 8. The van der Waals surface area contributed by atoms with Gasteiger partial charge in [-0.05, 0) is 30.2 Å². The number of carbonyl (C=O) groups is 2. The summed E-state index contributed by atoms with van der Waals surface area (Å²) in [6.07, 6.45) is -0.594. The molecule has 12 nitrogen and oxygen atoms in total. The zero-order valence-electron chi connectivity index (χ0n) is 19.5. The van der Waals surface area contributed by atoms with Crippen LogP contribution < -0.4 is 27.2 Å². The van der Waals surface area contributed by atoms with E-state index in [0.29, 0.717) is 0 Å². The molecule has 0 aliphatic heterocycles. The molecule has 2 amide bonds. The van der Waals surface area contributed by atoms with Crippen molar-refractivity contribution in [2.45, 2.75) is 38.1 Å². The molecule has 192 valence electrons. The van der Waals surface area contributed by atoms with E-state index in [2.05, 4.69) is 10.3 Å². The molecule has 1 heterocycles. The molecule has 1 aromatic heterocycles. The maximum atomic E-state index is 13.0. The number of ether oxygens (including phenoxy) is 1. The van der Waals surface area contributed by atoms with Crippen molar-refractivity contribution in [3.8, 4) is 0 Å². The monoisotopic (exact) mass is 513 g/mol. The maximum absolute atomic E-state index is 13.0. The van der Waals surface area contributed by atoms with Crippen LogP contribution in [-0.4, -0.2) is 50.0 Å². The molecule has 0 atom stereocenters. The standard InChI is InChI=1S/C21H28FN5O7S/c1-13(2)12-27-19(23)18(20(30)25-21(27)31)26(10-11-34-3)17(29)9-8-16(28)24-14-4-6-15(7-5-14)35(22,32)33/h4-7,13H,8-12,23H2,1-3H3,(H,24,28)(H,25,30,31). The number of nitrogen functional groups attached to an aromatic ring is 1. The predicted molar refractivity (Wildman–Crippen MR) is 127 cm³/mol. The van der Waals surface area contributed by atoms with Crippen molar-refractivity contribution >= 4 is 39.2 Å². The van der Waals surface area contributed by atoms with Crippen LogP contribution in [0.5, 0.6) is 0 Å². The minimum Gasteiger partial charge on any atom is -0.383 e. The van der Waals surface area contributed by atoms with E-state index in [1.165, 1.54) is 23.8 Å². The Bertz CT molecular complexity index is 1290. The van der Waals surface area contributed by atoms with Crippen molar-refractivity contribution < 1.29 is 26.6 Å². The molecule has 0 aliphatic carbocycles. The zero-order valence-corrected chi connectivity index (χ0v) is 20.4. The Morgan fingerprint density at radius 2 is 1.83 bits per heavy atom. The third-order valence-electron chi connectivity index (χ3n) is 4.84. The number of aromatic amines is 1. The van der Waals surface area contributed by atoms with E-state index in [0.717, 1.165) is 17.0 Å². The summed E-state index contributed by atoms with van der Waals surface area (Å²) in [5.74, 6) is -1.33. The first-order valence-corrected chi connectivity index (χ1v) is 12.0. The lowest BCUT2D eigenvalue weighted by molar-refractivity contribution is -0.122. The lowest BCUT2D eigenvalue weighted by atomic mass is 10.2. The normalized spacial score (nSPS) is 11.5. The summed E-state index contributed by atoms with van der Waals surface area (Å²) >= 11 is 0. The van der Waals surface area contributed by atoms with Gasteiger partial charge in [0.05, 0.1) is 11.5 Å². The van der Waals surface area contributed by atoms with Gasteiger partial charge in [-0.1, -0.05) is 13.8 Å². The second kappa shape index (κ2) is 11.8. The van der Waals surface area contributed by atoms with E-state index in [1.807, 2.05) is 13.8 Å². The Hall–Kier alpha value is -3.52. The van der Waals surface area contributed by atoms with E-state index in [1.54, 1.807) is 0 Å². The molecule has 0 unspecified atom stereocenters. The number of anilines is 3. The quantitative estimate of drug-likeness (QED) is 0.370. The Labute approximate surface area is 201 Å². The van der Waals surface area contributed by atoms with Gasteiger partial charge in [-0.25, -0.2) is 4.79 Å². The van der Waals surface area contributed by atoms with Gasteiger partial charge in [0.2, 0.25) is 11.8 Å². The summed E-state index contributed by atoms with van der Waals surface area (Å²) in [4.78, 5) is 52.7. The van der Waals surface area contributed by atoms with Crippen LogP contribution in [-0.2, 0) is 31.1 Å². The number of carbonyl (C=O) groups excluding carboxylic acids is 2. The van der Waals surface area contributed by atoms with Crippen LogP contribution in [0.4, 0.5) is 21.1 Å². The van der Waals surface area contributed by atoms with Gasteiger partial charge < -0.3 is 20.7 Å². The number of nitrogens with one attached hydrogen (secondary N) is 2. The Balaban J connectivity index is 2.20. The van der Waals surface area contributed by atoms with Crippen molar-refractivity contribution in [1.82, 2.24) is 9.55 Å². The van der Waals surface area contributed by atoms with Crippen molar-refractivity contribution in [3.63, 3.8) is 0 Å². The second-order valence-corrected chi connectivity index (χ2v) is 9.39. The molecule has 0 spiro atoms. The molecule has 4 N–H and O–H groups in total. The highest BCUT2D eigenvalue weighted by atomic mass is 32.3. The van der Waals surface area contributed by atoms with Gasteiger partial charge in [-0.2, -0.15) is 8.42 Å². The highest BCUT2D eigenvalue weighted by molar-refractivity contribution is 7.86. The summed E-state index contributed by atoms with van der Waals surface area (Å²) in [5.41, 5.74) is 4.55. The first-order valence-electron chi connectivity index (χ1n) is 10.6. The van der Waals surface area contributed by atoms with Crippen LogP contribution in [0.15, 0.2) is 38.8 Å². The second-order valence-electron chi connectivity index (χ2n) is 8.05. The van der Waals surface area contributed by atoms with Gasteiger partial charge >= 0.3 is 15.9 Å². The van der Waals surface area contributed by atoms with Crippen LogP contribution in [0.2, 0.25) is 0 Å². The number of benzene rings is 1. The van der Waals surface area contributed by atoms with E-state index < -0.39 is 38.2 Å². The number of nitrogens with zero attached hydrogens (tertiary/aromatic N) is 2. The summed E-state index contributed by atoms with van der Waals surface area (Å²) in [5, 5.41) is 2.47. The molecule has 0 bridgehead atoms. The van der Waals surface area contributed by atoms with Crippen LogP contribution in [0.3, 0.4) is 0 Å². The average Bonchev–Trinajstić information content (AvgIpc) is 2.76. The summed E-state index contributed by atoms with van der Waals surface area (Å²) in [7, 11) is -3.46. The van der Waals surface area contributed by atoms with E-state index in [4.69, 9.17) is 10.5 Å². The van der Waals surface area contributed by atoms with Gasteiger partial charge in [0.1, 0.15) is 5.82 Å². The molecule has 0 saturated carbocycles. The first-order chi connectivity index (χ1) is 16.3. The number of nitrogens with two attached hydrogens (primary N) is 1. The van der Waals surface area contributed by atoms with Crippen molar-refractivity contribution in [2.75, 3.05) is 36.2 Å². The van der Waals surface area contributed by atoms with Crippen molar-refractivity contribution in [2.24, 2.45) is 5.92 Å². The number of methoxy groups -OCH3 is 1. The van der Waals surface area contributed by atoms with E-state index in [-0.39, 0.29) is 55.6 Å². The minimum absolute atomic E-state index is 0.0275. The van der Waals surface area contributed by atoms with E-state index >= 15 is 0 Å². The highest BCUT2D eigenvalue weighted by Gasteiger charge is 2.25. The number of halogens is 1. The topological polar surface area (TPSA) is 174 Å². The largest absolute Gasteiger partial charge is 0.383 e. The first kappa shape index (κ1) is 27.7. The van der Waals surface area contributed by atoms with Gasteiger partial charge in [-0.3, -0.25) is 23.9 Å². The molecular weight excluding hydrogens is 485 g/mol. The average molecular weight is 514 g/mol. The van der Waals surface area contributed by atoms with Gasteiger partial charge in [0.15, 0.2) is 5.69 Å². The molecule has 0 saturated heterocycles. The Morgan fingerprint density at radius 1 is 1.20 bits per heavy atom. The molecule has 0 aliphatic rings. The Kier molecular flexibility index (Phi) is 9.31. The van der Waals surface area contributed by atoms with Crippen LogP contribution in [0.1, 0.15) is 26.7 Å². The van der Waals surface area contributed by atoms with Crippen LogP contribution in [0, 0.1) is 5.92 Å². The zero-order chi connectivity index (χ0) is 26.3. The number of hydrogen-bond donors (Lipinski definition) is 3. The number of H-pyrrole nitrogens is 1. The summed E-state index contributed by atoms with van der Waals surface area (Å²) < 4.78 is 40.9. The molecule has 2 rings (SSSR count). The Morgan fingerprint density at radius 3 is 2.37 bits per heavy atom. The lowest BCUT2D eigenvalue weighted by Crippen LogP contribution is -2.43. The number of aromatic nitrogens is 2. The fourth-order valence-corrected chi connectivity index (χ4v) is 3.67. The summed E-state index contributed by atoms with van der Waals surface area (Å²) in [6, 6.07) is 4.39. The SMILES string of the molecule is COCCN(C(=O)CCC(=O)Nc1ccc(S(=O)(=O)F)cc1)c1c(N)n(CC(C)C)c(=O)[nH]c1=O. The predicted octanol–water partition coefficient (Wildman–Crippen LogP) is 0.831.